The lowest BCUT2D eigenvalue weighted by atomic mass is 10.1. The maximum absolute atomic E-state index is 12.3. The van der Waals surface area contributed by atoms with Crippen LogP contribution in [0.4, 0.5) is 0 Å². The Morgan fingerprint density at radius 1 is 1.21 bits per heavy atom. The van der Waals surface area contributed by atoms with Gasteiger partial charge >= 0.3 is 0 Å². The Morgan fingerprint density at radius 3 is 2.58 bits per heavy atom. The molecule has 0 heterocycles. The standard InChI is InChI=1S/C18H21ClN2O2.ClH/c1-21(18(22)17(20)14-7-3-2-4-8-14)11-6-12-23-16-10-5-9-15(19)13-16;/h2-5,7-10,13,17H,6,11-12,20H2,1H3;1H. The molecule has 4 nitrogen and oxygen atoms in total. The summed E-state index contributed by atoms with van der Waals surface area (Å²) in [6, 6.07) is 16.0. The van der Waals surface area contributed by atoms with Gasteiger partial charge in [-0.15, -0.1) is 12.4 Å². The molecule has 2 aromatic rings. The van der Waals surface area contributed by atoms with E-state index < -0.39 is 6.04 Å². The van der Waals surface area contributed by atoms with Crippen LogP contribution in [0.15, 0.2) is 54.6 Å². The number of rotatable bonds is 7. The van der Waals surface area contributed by atoms with Crippen LogP contribution in [0.2, 0.25) is 5.02 Å². The molecule has 0 aliphatic rings. The van der Waals surface area contributed by atoms with Gasteiger partial charge in [0.15, 0.2) is 0 Å². The summed E-state index contributed by atoms with van der Waals surface area (Å²) in [7, 11) is 1.75. The maximum atomic E-state index is 12.3. The molecule has 0 aliphatic heterocycles. The van der Waals surface area contributed by atoms with Crippen molar-refractivity contribution in [2.75, 3.05) is 20.2 Å². The van der Waals surface area contributed by atoms with Crippen LogP contribution >= 0.6 is 24.0 Å². The average molecular weight is 369 g/mol. The molecule has 2 rings (SSSR count). The predicted molar refractivity (Wildman–Crippen MR) is 99.8 cm³/mol. The van der Waals surface area contributed by atoms with Crippen LogP contribution in [0.25, 0.3) is 0 Å². The summed E-state index contributed by atoms with van der Waals surface area (Å²) in [4.78, 5) is 13.9. The SMILES string of the molecule is CN(CCCOc1cccc(Cl)c1)C(=O)C(N)c1ccccc1.Cl. The zero-order valence-corrected chi connectivity index (χ0v) is 15.1. The van der Waals surface area contributed by atoms with E-state index in [1.165, 1.54) is 0 Å². The van der Waals surface area contributed by atoms with Crippen molar-refractivity contribution in [1.29, 1.82) is 0 Å². The van der Waals surface area contributed by atoms with Crippen molar-refractivity contribution in [2.24, 2.45) is 5.73 Å². The van der Waals surface area contributed by atoms with E-state index in [2.05, 4.69) is 0 Å². The largest absolute Gasteiger partial charge is 0.493 e. The lowest BCUT2D eigenvalue weighted by Gasteiger charge is -2.21. The minimum Gasteiger partial charge on any atom is -0.493 e. The fourth-order valence-electron chi connectivity index (χ4n) is 2.20. The highest BCUT2D eigenvalue weighted by molar-refractivity contribution is 6.30. The zero-order valence-electron chi connectivity index (χ0n) is 13.5. The number of carbonyl (C=O) groups excluding carboxylic acids is 1. The first-order valence-electron chi connectivity index (χ1n) is 7.52. The molecule has 2 N–H and O–H groups in total. The fraction of sp³-hybridized carbons (Fsp3) is 0.278. The summed E-state index contributed by atoms with van der Waals surface area (Å²) < 4.78 is 5.61. The number of ether oxygens (including phenoxy) is 1. The number of carbonyl (C=O) groups is 1. The van der Waals surface area contributed by atoms with Gasteiger partial charge in [0.05, 0.1) is 6.61 Å². The molecule has 2 aromatic carbocycles. The second kappa shape index (κ2) is 10.2. The molecule has 0 bridgehead atoms. The van der Waals surface area contributed by atoms with Crippen molar-refractivity contribution in [1.82, 2.24) is 4.90 Å². The number of hydrogen-bond acceptors (Lipinski definition) is 3. The molecule has 0 spiro atoms. The highest BCUT2D eigenvalue weighted by Crippen LogP contribution is 2.17. The molecule has 0 aliphatic carbocycles. The minimum absolute atomic E-state index is 0. The quantitative estimate of drug-likeness (QED) is 0.758. The molecule has 0 fully saturated rings. The van der Waals surface area contributed by atoms with E-state index in [1.807, 2.05) is 42.5 Å². The Kier molecular flexibility index (Phi) is 8.61. The number of hydrogen-bond donors (Lipinski definition) is 1. The van der Waals surface area contributed by atoms with Gasteiger partial charge in [-0.2, -0.15) is 0 Å². The van der Waals surface area contributed by atoms with Gasteiger partial charge in [-0.25, -0.2) is 0 Å². The van der Waals surface area contributed by atoms with E-state index in [9.17, 15) is 4.79 Å². The summed E-state index contributed by atoms with van der Waals surface area (Å²) in [6.45, 7) is 1.10. The van der Waals surface area contributed by atoms with Crippen molar-refractivity contribution < 1.29 is 9.53 Å². The Bertz CT molecular complexity index is 638. The third-order valence-corrected chi connectivity index (χ3v) is 3.74. The van der Waals surface area contributed by atoms with Crippen LogP contribution < -0.4 is 10.5 Å². The third kappa shape index (κ3) is 6.04. The van der Waals surface area contributed by atoms with Crippen molar-refractivity contribution in [2.45, 2.75) is 12.5 Å². The van der Waals surface area contributed by atoms with Gasteiger partial charge < -0.3 is 15.4 Å². The van der Waals surface area contributed by atoms with Gasteiger partial charge in [0, 0.05) is 18.6 Å². The molecular formula is C18H22Cl2N2O2. The van der Waals surface area contributed by atoms with Crippen LogP contribution in [-0.2, 0) is 4.79 Å². The van der Waals surface area contributed by atoms with Crippen LogP contribution in [-0.4, -0.2) is 31.0 Å². The lowest BCUT2D eigenvalue weighted by Crippen LogP contribution is -2.36. The predicted octanol–water partition coefficient (Wildman–Crippen LogP) is 3.69. The van der Waals surface area contributed by atoms with Crippen LogP contribution in [0, 0.1) is 0 Å². The number of nitrogens with two attached hydrogens (primary N) is 1. The summed E-state index contributed by atoms with van der Waals surface area (Å²) in [5.74, 6) is 0.631. The topological polar surface area (TPSA) is 55.6 Å². The zero-order chi connectivity index (χ0) is 16.7. The maximum Gasteiger partial charge on any atom is 0.243 e. The van der Waals surface area contributed by atoms with Crippen molar-refractivity contribution >= 4 is 29.9 Å². The van der Waals surface area contributed by atoms with Crippen LogP contribution in [0.5, 0.6) is 5.75 Å². The first-order chi connectivity index (χ1) is 11.1. The molecule has 130 valence electrons. The van der Waals surface area contributed by atoms with E-state index in [4.69, 9.17) is 22.1 Å². The van der Waals surface area contributed by atoms with Gasteiger partial charge in [-0.05, 0) is 30.2 Å². The number of benzene rings is 2. The van der Waals surface area contributed by atoms with Gasteiger partial charge in [-0.3, -0.25) is 4.79 Å². The number of amides is 1. The second-order valence-electron chi connectivity index (χ2n) is 5.31. The van der Waals surface area contributed by atoms with Crippen molar-refractivity contribution in [3.63, 3.8) is 0 Å². The molecule has 0 saturated carbocycles. The van der Waals surface area contributed by atoms with Crippen molar-refractivity contribution in [3.8, 4) is 5.75 Å². The highest BCUT2D eigenvalue weighted by atomic mass is 35.5. The molecule has 1 amide bonds. The summed E-state index contributed by atoms with van der Waals surface area (Å²) in [6.07, 6.45) is 0.719. The van der Waals surface area contributed by atoms with Crippen LogP contribution in [0.3, 0.4) is 0 Å². The molecule has 1 atom stereocenters. The minimum atomic E-state index is -0.630. The van der Waals surface area contributed by atoms with E-state index >= 15 is 0 Å². The smallest absolute Gasteiger partial charge is 0.243 e. The fourth-order valence-corrected chi connectivity index (χ4v) is 2.38. The highest BCUT2D eigenvalue weighted by Gasteiger charge is 2.19. The molecule has 6 heteroatoms. The normalized spacial score (nSPS) is 11.3. The van der Waals surface area contributed by atoms with Gasteiger partial charge in [-0.1, -0.05) is 48.0 Å². The van der Waals surface area contributed by atoms with E-state index in [0.29, 0.717) is 18.2 Å². The number of likely N-dealkylation sites (N-methyl/N-ethyl adjacent to an activating group) is 1. The number of nitrogens with zero attached hydrogens (tertiary/aromatic N) is 1. The monoisotopic (exact) mass is 368 g/mol. The first kappa shape index (κ1) is 20.3. The van der Waals surface area contributed by atoms with E-state index in [0.717, 1.165) is 17.7 Å². The average Bonchev–Trinajstić information content (AvgIpc) is 2.58. The molecule has 0 saturated heterocycles. The molecule has 0 aromatic heterocycles. The summed E-state index contributed by atoms with van der Waals surface area (Å²) >= 11 is 5.90. The van der Waals surface area contributed by atoms with Gasteiger partial charge in [0.25, 0.3) is 0 Å². The Balaban J connectivity index is 0.00000288. The third-order valence-electron chi connectivity index (χ3n) is 3.50. The van der Waals surface area contributed by atoms with E-state index in [-0.39, 0.29) is 18.3 Å². The van der Waals surface area contributed by atoms with Crippen LogP contribution in [0.1, 0.15) is 18.0 Å². The Labute approximate surface area is 154 Å². The Morgan fingerprint density at radius 2 is 1.92 bits per heavy atom. The summed E-state index contributed by atoms with van der Waals surface area (Å²) in [5.41, 5.74) is 6.83. The second-order valence-corrected chi connectivity index (χ2v) is 5.74. The van der Waals surface area contributed by atoms with E-state index in [1.54, 1.807) is 24.1 Å². The summed E-state index contributed by atoms with van der Waals surface area (Å²) in [5, 5.41) is 0.642. The Hall–Kier alpha value is -1.75. The lowest BCUT2D eigenvalue weighted by molar-refractivity contribution is -0.131. The molecule has 24 heavy (non-hydrogen) atoms. The first-order valence-corrected chi connectivity index (χ1v) is 7.89. The van der Waals surface area contributed by atoms with Crippen molar-refractivity contribution in [3.05, 3.63) is 65.2 Å². The number of halogens is 2. The molecule has 1 unspecified atom stereocenters. The van der Waals surface area contributed by atoms with Gasteiger partial charge in [0.1, 0.15) is 11.8 Å². The molecule has 0 radical (unpaired) electrons. The van der Waals surface area contributed by atoms with Gasteiger partial charge in [0.2, 0.25) is 5.91 Å². The molecular weight excluding hydrogens is 347 g/mol.